The molecule has 10 aromatic rings. The number of para-hydroxylation sites is 3. The molecule has 0 aliphatic rings. The zero-order chi connectivity index (χ0) is 37.4. The highest BCUT2D eigenvalue weighted by Crippen LogP contribution is 2.39. The van der Waals surface area contributed by atoms with Crippen LogP contribution in [0.3, 0.4) is 0 Å². The highest BCUT2D eigenvalue weighted by atomic mass is 15.2. The zero-order valence-corrected chi connectivity index (χ0v) is 26.6. The van der Waals surface area contributed by atoms with E-state index in [0.29, 0.717) is 28.7 Å². The minimum atomic E-state index is -0.433. The number of fused-ring (bicyclic) bond motifs is 6. The topological polar surface area (TPSA) is 48.5 Å². The summed E-state index contributed by atoms with van der Waals surface area (Å²) in [6, 6.07) is 46.8. The van der Waals surface area contributed by atoms with Gasteiger partial charge in [-0.15, -0.1) is 0 Å². The second-order valence-electron chi connectivity index (χ2n) is 12.2. The van der Waals surface area contributed by atoms with Crippen LogP contribution in [0.1, 0.15) is 6.85 Å². The van der Waals surface area contributed by atoms with Gasteiger partial charge in [0.1, 0.15) is 0 Å². The van der Waals surface area contributed by atoms with Crippen LogP contribution in [-0.4, -0.2) is 24.1 Å². The standard InChI is InChI=1S/C45H29N5/c1-4-15-30(16-5-1)32-19-14-20-33(27-32)44-46-43(31-17-6-2-7-18-31)47-45(48-44)50-40-26-13-11-24-36(40)38-28-37-35-23-10-12-25-39(35)49(41(37)29-42(38)50)34-21-8-3-9-22-34/h1-29H/i1D,4D,5D,15D,16D. The summed E-state index contributed by atoms with van der Waals surface area (Å²) in [5.74, 6) is 1.27. The van der Waals surface area contributed by atoms with E-state index in [9.17, 15) is 0 Å². The van der Waals surface area contributed by atoms with Gasteiger partial charge in [0, 0.05) is 38.4 Å². The first-order valence-corrected chi connectivity index (χ1v) is 16.4. The molecule has 0 saturated heterocycles. The van der Waals surface area contributed by atoms with E-state index in [2.05, 4.69) is 81.9 Å². The maximum absolute atomic E-state index is 8.62. The van der Waals surface area contributed by atoms with E-state index in [0.717, 1.165) is 54.9 Å². The van der Waals surface area contributed by atoms with Crippen molar-refractivity contribution in [2.75, 3.05) is 0 Å². The van der Waals surface area contributed by atoms with Crippen molar-refractivity contribution in [1.82, 2.24) is 24.1 Å². The Morgan fingerprint density at radius 3 is 1.66 bits per heavy atom. The fourth-order valence-corrected chi connectivity index (χ4v) is 7.02. The number of aromatic nitrogens is 5. The van der Waals surface area contributed by atoms with Crippen molar-refractivity contribution in [2.24, 2.45) is 0 Å². The lowest BCUT2D eigenvalue weighted by atomic mass is 10.0. The minimum Gasteiger partial charge on any atom is -0.309 e. The molecular formula is C45H29N5. The number of hydrogen-bond donors (Lipinski definition) is 0. The second-order valence-corrected chi connectivity index (χ2v) is 12.2. The molecule has 7 aromatic carbocycles. The van der Waals surface area contributed by atoms with Gasteiger partial charge in [-0.25, -0.2) is 4.98 Å². The fourth-order valence-electron chi connectivity index (χ4n) is 7.02. The van der Waals surface area contributed by atoms with Gasteiger partial charge < -0.3 is 4.57 Å². The van der Waals surface area contributed by atoms with Crippen LogP contribution >= 0.6 is 0 Å². The monoisotopic (exact) mass is 644 g/mol. The Bertz CT molecular complexity index is 3130. The van der Waals surface area contributed by atoms with Gasteiger partial charge in [0.25, 0.3) is 0 Å². The van der Waals surface area contributed by atoms with Crippen molar-refractivity contribution in [2.45, 2.75) is 0 Å². The number of nitrogens with zero attached hydrogens (tertiary/aromatic N) is 5. The molecule has 0 aliphatic heterocycles. The minimum absolute atomic E-state index is 0.116. The van der Waals surface area contributed by atoms with Gasteiger partial charge in [-0.1, -0.05) is 133 Å². The van der Waals surface area contributed by atoms with Crippen molar-refractivity contribution in [3.63, 3.8) is 0 Å². The summed E-state index contributed by atoms with van der Waals surface area (Å²) in [6.45, 7) is 0. The van der Waals surface area contributed by atoms with Crippen molar-refractivity contribution < 1.29 is 6.85 Å². The lowest BCUT2D eigenvalue weighted by Crippen LogP contribution is -2.06. The summed E-state index contributed by atoms with van der Waals surface area (Å²) in [6.07, 6.45) is 0. The van der Waals surface area contributed by atoms with Gasteiger partial charge in [0.2, 0.25) is 5.95 Å². The fraction of sp³-hybridized carbons (Fsp3) is 0. The van der Waals surface area contributed by atoms with Gasteiger partial charge in [0.15, 0.2) is 11.6 Å². The summed E-state index contributed by atoms with van der Waals surface area (Å²) >= 11 is 0. The summed E-state index contributed by atoms with van der Waals surface area (Å²) < 4.78 is 46.2. The predicted molar refractivity (Wildman–Crippen MR) is 205 cm³/mol. The molecule has 0 fully saturated rings. The normalized spacial score (nSPS) is 13.0. The third-order valence-electron chi connectivity index (χ3n) is 9.25. The smallest absolute Gasteiger partial charge is 0.238 e. The molecule has 50 heavy (non-hydrogen) atoms. The molecule has 0 bridgehead atoms. The molecule has 0 radical (unpaired) electrons. The Labute approximate surface area is 295 Å². The van der Waals surface area contributed by atoms with E-state index in [4.69, 9.17) is 21.8 Å². The molecule has 3 aromatic heterocycles. The molecule has 234 valence electrons. The van der Waals surface area contributed by atoms with Crippen LogP contribution in [0, 0.1) is 0 Å². The Morgan fingerprint density at radius 1 is 0.380 bits per heavy atom. The SMILES string of the molecule is [2H]c1c([2H])c([2H])c(-c2cccc(-c3nc(-c4ccccc4)nc(-n4c5ccccc5c5cc6c7ccccc7n(-c7ccccc7)c6cc54)n3)c2)c([2H])c1[2H]. The molecule has 0 atom stereocenters. The average Bonchev–Trinajstić information content (AvgIpc) is 3.74. The van der Waals surface area contributed by atoms with Crippen LogP contribution in [0.4, 0.5) is 0 Å². The van der Waals surface area contributed by atoms with Gasteiger partial charge >= 0.3 is 0 Å². The molecule has 0 spiro atoms. The number of hydrogen-bond acceptors (Lipinski definition) is 3. The van der Waals surface area contributed by atoms with Crippen molar-refractivity contribution >= 4 is 43.6 Å². The van der Waals surface area contributed by atoms with Gasteiger partial charge in [-0.2, -0.15) is 9.97 Å². The molecule has 0 aliphatic carbocycles. The lowest BCUT2D eigenvalue weighted by Gasteiger charge is -2.12. The molecule has 0 N–H and O–H groups in total. The van der Waals surface area contributed by atoms with Gasteiger partial charge in [-0.3, -0.25) is 4.57 Å². The van der Waals surface area contributed by atoms with Crippen molar-refractivity contribution in [3.05, 3.63) is 176 Å². The maximum atomic E-state index is 8.62. The summed E-state index contributed by atoms with van der Waals surface area (Å²) in [5, 5.41) is 4.42. The van der Waals surface area contributed by atoms with Gasteiger partial charge in [0.05, 0.1) is 28.9 Å². The average molecular weight is 645 g/mol. The molecular weight excluding hydrogens is 611 g/mol. The first-order valence-electron chi connectivity index (χ1n) is 18.9. The summed E-state index contributed by atoms with van der Waals surface area (Å²) in [4.78, 5) is 15.2. The van der Waals surface area contributed by atoms with Crippen LogP contribution in [0.5, 0.6) is 0 Å². The van der Waals surface area contributed by atoms with E-state index in [1.807, 2.05) is 54.6 Å². The number of benzene rings is 7. The van der Waals surface area contributed by atoms with E-state index in [1.54, 1.807) is 18.2 Å². The van der Waals surface area contributed by atoms with Crippen LogP contribution < -0.4 is 0 Å². The maximum Gasteiger partial charge on any atom is 0.238 e. The molecule has 0 unspecified atom stereocenters. The molecule has 5 nitrogen and oxygen atoms in total. The molecule has 5 heteroatoms. The van der Waals surface area contributed by atoms with Crippen LogP contribution in [0.15, 0.2) is 176 Å². The van der Waals surface area contributed by atoms with E-state index in [1.165, 1.54) is 0 Å². The van der Waals surface area contributed by atoms with Crippen LogP contribution in [-0.2, 0) is 0 Å². The molecule has 0 saturated carbocycles. The van der Waals surface area contributed by atoms with Crippen LogP contribution in [0.25, 0.3) is 89.2 Å². The van der Waals surface area contributed by atoms with E-state index >= 15 is 0 Å². The lowest BCUT2D eigenvalue weighted by molar-refractivity contribution is 0.953. The molecule has 0 amide bonds. The van der Waals surface area contributed by atoms with E-state index < -0.39 is 6.04 Å². The van der Waals surface area contributed by atoms with Crippen molar-refractivity contribution in [3.8, 4) is 45.5 Å². The first-order chi connectivity index (χ1) is 26.9. The zero-order valence-electron chi connectivity index (χ0n) is 31.6. The van der Waals surface area contributed by atoms with Gasteiger partial charge in [-0.05, 0) is 53.6 Å². The third-order valence-corrected chi connectivity index (χ3v) is 9.25. The van der Waals surface area contributed by atoms with Crippen LogP contribution in [0.2, 0.25) is 0 Å². The first kappa shape index (κ1) is 23.5. The Morgan fingerprint density at radius 2 is 0.940 bits per heavy atom. The second kappa shape index (κ2) is 11.4. The highest BCUT2D eigenvalue weighted by Gasteiger charge is 2.21. The quantitative estimate of drug-likeness (QED) is 0.187. The number of rotatable bonds is 5. The predicted octanol–water partition coefficient (Wildman–Crippen LogP) is 11.1. The Kier molecular flexibility index (Phi) is 5.35. The van der Waals surface area contributed by atoms with E-state index in [-0.39, 0.29) is 29.7 Å². The Balaban J connectivity index is 1.26. The summed E-state index contributed by atoms with van der Waals surface area (Å²) in [7, 11) is 0. The largest absolute Gasteiger partial charge is 0.309 e. The Hall–Kier alpha value is -6.85. The van der Waals surface area contributed by atoms with Crippen molar-refractivity contribution in [1.29, 1.82) is 0 Å². The summed E-state index contributed by atoms with van der Waals surface area (Å²) in [5.41, 5.74) is 7.08. The molecule has 3 heterocycles. The molecule has 10 rings (SSSR count). The highest BCUT2D eigenvalue weighted by molar-refractivity contribution is 6.19. The third kappa shape index (κ3) is 4.52.